The van der Waals surface area contributed by atoms with Gasteiger partial charge in [-0.05, 0) is 26.8 Å². The largest absolute Gasteiger partial charge is 0.375 e. The van der Waals surface area contributed by atoms with Gasteiger partial charge in [0.05, 0.1) is 11.3 Å². The molecule has 1 amide bonds. The number of hydrogen-bond donors (Lipinski definition) is 2. The molecule has 0 aliphatic rings. The van der Waals surface area contributed by atoms with E-state index in [0.717, 1.165) is 5.69 Å². The second kappa shape index (κ2) is 5.66. The third-order valence-electron chi connectivity index (χ3n) is 2.97. The number of carbonyl (C=O) groups is 1. The predicted octanol–water partition coefficient (Wildman–Crippen LogP) is 2.25. The van der Waals surface area contributed by atoms with E-state index < -0.39 is 0 Å². The minimum atomic E-state index is -0.0591. The molecule has 0 aromatic carbocycles. The lowest BCUT2D eigenvalue weighted by Crippen LogP contribution is -2.26. The Balaban J connectivity index is 1.87. The number of carbonyl (C=O) groups excluding carboxylic acids is 1. The monoisotopic (exact) mass is 292 g/mol. The van der Waals surface area contributed by atoms with Gasteiger partial charge in [-0.2, -0.15) is 0 Å². The number of nitrogens with zero attached hydrogens (tertiary/aromatic N) is 2. The van der Waals surface area contributed by atoms with Crippen LogP contribution in [0.4, 0.5) is 5.13 Å². The van der Waals surface area contributed by atoms with Crippen LogP contribution in [0.5, 0.6) is 0 Å². The second-order valence-electron chi connectivity index (χ2n) is 5.66. The van der Waals surface area contributed by atoms with Gasteiger partial charge in [0, 0.05) is 36.3 Å². The summed E-state index contributed by atoms with van der Waals surface area (Å²) >= 11 is 1.42. The molecule has 0 aliphatic heterocycles. The number of aromatic nitrogens is 2. The molecule has 0 saturated carbocycles. The van der Waals surface area contributed by atoms with E-state index in [9.17, 15) is 4.79 Å². The van der Waals surface area contributed by atoms with Gasteiger partial charge in [-0.25, -0.2) is 4.98 Å². The van der Waals surface area contributed by atoms with Crippen LogP contribution in [0.1, 0.15) is 36.8 Å². The number of hydrogen-bond acceptors (Lipinski definition) is 4. The van der Waals surface area contributed by atoms with Gasteiger partial charge >= 0.3 is 0 Å². The molecule has 5 nitrogen and oxygen atoms in total. The highest BCUT2D eigenvalue weighted by Crippen LogP contribution is 2.15. The van der Waals surface area contributed by atoms with Gasteiger partial charge in [-0.15, -0.1) is 11.3 Å². The Hall–Kier alpha value is -1.82. The first-order valence-electron chi connectivity index (χ1n) is 6.53. The van der Waals surface area contributed by atoms with Crippen LogP contribution < -0.4 is 11.1 Å². The highest BCUT2D eigenvalue weighted by atomic mass is 32.1. The molecule has 0 saturated heterocycles. The van der Waals surface area contributed by atoms with E-state index in [4.69, 9.17) is 5.73 Å². The number of nitrogen functional groups attached to an aromatic ring is 1. The minimum absolute atomic E-state index is 0.0172. The van der Waals surface area contributed by atoms with Crippen LogP contribution in [0.2, 0.25) is 0 Å². The molecule has 0 radical (unpaired) electrons. The number of nitrogens with one attached hydrogen (secondary N) is 1. The summed E-state index contributed by atoms with van der Waals surface area (Å²) in [7, 11) is 0. The topological polar surface area (TPSA) is 72.9 Å². The molecule has 0 atom stereocenters. The van der Waals surface area contributed by atoms with Crippen molar-refractivity contribution < 1.29 is 4.79 Å². The van der Waals surface area contributed by atoms with Gasteiger partial charge in [0.2, 0.25) is 0 Å². The molecule has 0 spiro atoms. The molecule has 0 unspecified atom stereocenters. The molecule has 0 fully saturated rings. The van der Waals surface area contributed by atoms with Crippen LogP contribution in [0, 0.1) is 0 Å². The summed E-state index contributed by atoms with van der Waals surface area (Å²) in [6.07, 6.45) is 4.49. The summed E-state index contributed by atoms with van der Waals surface area (Å²) < 4.78 is 2.03. The van der Waals surface area contributed by atoms with Crippen LogP contribution in [-0.4, -0.2) is 22.0 Å². The maximum absolute atomic E-state index is 12.0. The lowest BCUT2D eigenvalue weighted by atomic mass is 10.1. The Morgan fingerprint density at radius 1 is 1.50 bits per heavy atom. The van der Waals surface area contributed by atoms with Crippen molar-refractivity contribution in [3.8, 4) is 0 Å². The fourth-order valence-electron chi connectivity index (χ4n) is 1.79. The molecule has 2 aromatic rings. The molecule has 2 rings (SSSR count). The van der Waals surface area contributed by atoms with Crippen LogP contribution in [0.15, 0.2) is 23.8 Å². The number of amides is 1. The van der Waals surface area contributed by atoms with Crippen molar-refractivity contribution in [3.63, 3.8) is 0 Å². The first kappa shape index (κ1) is 14.6. The summed E-state index contributed by atoms with van der Waals surface area (Å²) in [5.41, 5.74) is 7.14. The highest BCUT2D eigenvalue weighted by Gasteiger charge is 2.14. The smallest absolute Gasteiger partial charge is 0.252 e. The quantitative estimate of drug-likeness (QED) is 0.908. The number of thiazole rings is 1. The van der Waals surface area contributed by atoms with E-state index in [1.165, 1.54) is 11.3 Å². The zero-order chi connectivity index (χ0) is 14.8. The first-order valence-corrected chi connectivity index (χ1v) is 7.41. The third kappa shape index (κ3) is 3.60. The second-order valence-corrected chi connectivity index (χ2v) is 6.55. The Morgan fingerprint density at radius 2 is 2.25 bits per heavy atom. The molecule has 2 aromatic heterocycles. The van der Waals surface area contributed by atoms with Gasteiger partial charge in [-0.1, -0.05) is 0 Å². The van der Waals surface area contributed by atoms with Gasteiger partial charge in [0.15, 0.2) is 5.13 Å². The average molecular weight is 292 g/mol. The molecular formula is C14H20N4OS. The van der Waals surface area contributed by atoms with Gasteiger partial charge < -0.3 is 15.6 Å². The zero-order valence-electron chi connectivity index (χ0n) is 12.0. The molecule has 0 bridgehead atoms. The van der Waals surface area contributed by atoms with Crippen LogP contribution >= 0.6 is 11.3 Å². The van der Waals surface area contributed by atoms with Crippen molar-refractivity contribution in [1.82, 2.24) is 14.9 Å². The summed E-state index contributed by atoms with van der Waals surface area (Å²) in [6, 6.07) is 1.83. The van der Waals surface area contributed by atoms with E-state index >= 15 is 0 Å². The molecule has 20 heavy (non-hydrogen) atoms. The third-order valence-corrected chi connectivity index (χ3v) is 3.69. The summed E-state index contributed by atoms with van der Waals surface area (Å²) in [5, 5.41) is 5.37. The maximum atomic E-state index is 12.0. The average Bonchev–Trinajstić information content (AvgIpc) is 2.97. The van der Waals surface area contributed by atoms with E-state index in [1.54, 1.807) is 0 Å². The summed E-state index contributed by atoms with van der Waals surface area (Å²) in [6.45, 7) is 6.85. The number of anilines is 1. The molecule has 6 heteroatoms. The summed E-state index contributed by atoms with van der Waals surface area (Å²) in [4.78, 5) is 16.2. The Labute approximate surface area is 122 Å². The van der Waals surface area contributed by atoms with Crippen molar-refractivity contribution in [3.05, 3.63) is 35.1 Å². The molecule has 108 valence electrons. The Bertz CT molecular complexity index is 594. The molecular weight excluding hydrogens is 272 g/mol. The lowest BCUT2D eigenvalue weighted by Gasteiger charge is -2.20. The SMILES string of the molecule is CC(C)(C)n1ccc(C(=O)NCCc2csc(N)n2)c1. The predicted molar refractivity (Wildman–Crippen MR) is 82.0 cm³/mol. The van der Waals surface area contributed by atoms with Crippen LogP contribution in [-0.2, 0) is 12.0 Å². The van der Waals surface area contributed by atoms with E-state index in [0.29, 0.717) is 23.7 Å². The van der Waals surface area contributed by atoms with Crippen molar-refractivity contribution in [2.45, 2.75) is 32.7 Å². The lowest BCUT2D eigenvalue weighted by molar-refractivity contribution is 0.0954. The van der Waals surface area contributed by atoms with Crippen molar-refractivity contribution in [2.75, 3.05) is 12.3 Å². The Morgan fingerprint density at radius 3 is 2.80 bits per heavy atom. The standard InChI is InChI=1S/C14H20N4OS/c1-14(2,3)18-7-5-10(8-18)12(19)16-6-4-11-9-20-13(15)17-11/h5,7-9H,4,6H2,1-3H3,(H2,15,17)(H,16,19). The van der Waals surface area contributed by atoms with E-state index in [2.05, 4.69) is 31.1 Å². The van der Waals surface area contributed by atoms with Gasteiger partial charge in [0.1, 0.15) is 0 Å². The maximum Gasteiger partial charge on any atom is 0.252 e. The Kier molecular flexibility index (Phi) is 4.13. The van der Waals surface area contributed by atoms with Crippen molar-refractivity contribution in [2.24, 2.45) is 0 Å². The fraction of sp³-hybridized carbons (Fsp3) is 0.429. The molecule has 2 heterocycles. The fourth-order valence-corrected chi connectivity index (χ4v) is 2.39. The molecule has 3 N–H and O–H groups in total. The van der Waals surface area contributed by atoms with Crippen molar-refractivity contribution in [1.29, 1.82) is 0 Å². The molecule has 0 aliphatic carbocycles. The van der Waals surface area contributed by atoms with Crippen LogP contribution in [0.3, 0.4) is 0 Å². The number of nitrogens with two attached hydrogens (primary N) is 1. The highest BCUT2D eigenvalue weighted by molar-refractivity contribution is 7.13. The van der Waals surface area contributed by atoms with Gasteiger partial charge in [0.25, 0.3) is 5.91 Å². The van der Waals surface area contributed by atoms with E-state index in [-0.39, 0.29) is 11.4 Å². The van der Waals surface area contributed by atoms with E-state index in [1.807, 2.05) is 28.4 Å². The van der Waals surface area contributed by atoms with Crippen LogP contribution in [0.25, 0.3) is 0 Å². The van der Waals surface area contributed by atoms with Gasteiger partial charge in [-0.3, -0.25) is 4.79 Å². The first-order chi connectivity index (χ1) is 9.36. The normalized spacial score (nSPS) is 11.6. The summed E-state index contributed by atoms with van der Waals surface area (Å²) in [5.74, 6) is -0.0591. The van der Waals surface area contributed by atoms with Crippen molar-refractivity contribution >= 4 is 22.4 Å². The number of rotatable bonds is 4. The zero-order valence-corrected chi connectivity index (χ0v) is 12.8. The minimum Gasteiger partial charge on any atom is -0.375 e.